The molecule has 0 fully saturated rings. The fourth-order valence-electron chi connectivity index (χ4n) is 2.41. The summed E-state index contributed by atoms with van der Waals surface area (Å²) in [7, 11) is 0. The average Bonchev–Trinajstić information content (AvgIpc) is 2.46. The number of nitrogens with zero attached hydrogens (tertiary/aromatic N) is 2. The fourth-order valence-corrected chi connectivity index (χ4v) is 2.41. The monoisotopic (exact) mass is 317 g/mol. The van der Waals surface area contributed by atoms with Gasteiger partial charge in [0.15, 0.2) is 0 Å². The molecule has 3 aromatic rings. The van der Waals surface area contributed by atoms with Crippen LogP contribution in [-0.4, -0.2) is 9.97 Å². The summed E-state index contributed by atoms with van der Waals surface area (Å²) in [5.41, 5.74) is 7.60. The minimum absolute atomic E-state index is 0. The second kappa shape index (κ2) is 6.28. The van der Waals surface area contributed by atoms with Crippen LogP contribution in [0.2, 0.25) is 0 Å². The minimum atomic E-state index is -0.304. The molecular weight excluding hydrogens is 301 g/mol. The molecule has 0 unspecified atom stereocenters. The normalized spacial score (nSPS) is 10.7. The van der Waals surface area contributed by atoms with Crippen LogP contribution in [0, 0.1) is 5.82 Å². The zero-order valence-electron chi connectivity index (χ0n) is 12.4. The maximum Gasteiger partial charge on any atom is 0.220 e. The molecule has 0 saturated heterocycles. The number of hydrogen-bond donors (Lipinski definition) is 1. The molecule has 0 radical (unpaired) electrons. The number of hydrogen-bond acceptors (Lipinski definition) is 3. The Morgan fingerprint density at radius 1 is 1.05 bits per heavy atom. The van der Waals surface area contributed by atoms with Gasteiger partial charge in [0.2, 0.25) is 5.95 Å². The summed E-state index contributed by atoms with van der Waals surface area (Å²) < 4.78 is 14.4. The Labute approximate surface area is 134 Å². The first-order valence-electron chi connectivity index (χ1n) is 6.88. The quantitative estimate of drug-likeness (QED) is 0.753. The van der Waals surface area contributed by atoms with Crippen LogP contribution in [0.3, 0.4) is 0 Å². The molecule has 0 saturated carbocycles. The van der Waals surface area contributed by atoms with E-state index >= 15 is 0 Å². The first kappa shape index (κ1) is 16.2. The van der Waals surface area contributed by atoms with E-state index in [2.05, 4.69) is 9.97 Å². The highest BCUT2D eigenvalue weighted by atomic mass is 35.5. The highest BCUT2D eigenvalue weighted by Gasteiger charge is 2.14. The van der Waals surface area contributed by atoms with Gasteiger partial charge in [-0.2, -0.15) is 0 Å². The fraction of sp³-hybridized carbons (Fsp3) is 0.176. The molecule has 2 N–H and O–H groups in total. The molecule has 0 aliphatic carbocycles. The van der Waals surface area contributed by atoms with E-state index in [0.29, 0.717) is 11.3 Å². The second-order valence-corrected chi connectivity index (χ2v) is 5.33. The first-order chi connectivity index (χ1) is 10.1. The lowest BCUT2D eigenvalue weighted by Gasteiger charge is -2.11. The number of anilines is 1. The van der Waals surface area contributed by atoms with E-state index in [0.717, 1.165) is 16.5 Å². The van der Waals surface area contributed by atoms with Crippen LogP contribution in [0.25, 0.3) is 22.0 Å². The third-order valence-electron chi connectivity index (χ3n) is 3.49. The summed E-state index contributed by atoms with van der Waals surface area (Å²) in [6.45, 7) is 4.04. The lowest BCUT2D eigenvalue weighted by Crippen LogP contribution is -2.03. The van der Waals surface area contributed by atoms with Gasteiger partial charge in [-0.15, -0.1) is 12.4 Å². The molecule has 3 nitrogen and oxygen atoms in total. The van der Waals surface area contributed by atoms with Crippen LogP contribution >= 0.6 is 12.4 Å². The summed E-state index contributed by atoms with van der Waals surface area (Å²) >= 11 is 0. The van der Waals surface area contributed by atoms with E-state index in [1.807, 2.05) is 44.2 Å². The number of halogens is 2. The molecule has 1 aromatic heterocycles. The Morgan fingerprint density at radius 3 is 2.50 bits per heavy atom. The van der Waals surface area contributed by atoms with Crippen molar-refractivity contribution in [2.24, 2.45) is 0 Å². The van der Waals surface area contributed by atoms with Gasteiger partial charge in [0.05, 0.1) is 5.69 Å². The molecule has 0 spiro atoms. The average molecular weight is 318 g/mol. The Balaban J connectivity index is 0.00000176. The van der Waals surface area contributed by atoms with Crippen molar-refractivity contribution in [3.63, 3.8) is 0 Å². The van der Waals surface area contributed by atoms with Gasteiger partial charge in [-0.05, 0) is 28.8 Å². The third-order valence-corrected chi connectivity index (χ3v) is 3.49. The number of fused-ring (bicyclic) bond motifs is 1. The molecular formula is C17H17ClFN3. The molecule has 5 heteroatoms. The molecule has 0 aliphatic heterocycles. The van der Waals surface area contributed by atoms with Gasteiger partial charge in [0.25, 0.3) is 0 Å². The van der Waals surface area contributed by atoms with Crippen LogP contribution in [0.15, 0.2) is 42.5 Å². The molecule has 114 valence electrons. The Morgan fingerprint density at radius 2 is 1.77 bits per heavy atom. The summed E-state index contributed by atoms with van der Waals surface area (Å²) in [4.78, 5) is 8.44. The predicted molar refractivity (Wildman–Crippen MR) is 90.7 cm³/mol. The van der Waals surface area contributed by atoms with Crippen LogP contribution in [-0.2, 0) is 0 Å². The molecule has 0 atom stereocenters. The van der Waals surface area contributed by atoms with Gasteiger partial charge < -0.3 is 5.73 Å². The van der Waals surface area contributed by atoms with Crippen molar-refractivity contribution in [2.45, 2.75) is 19.8 Å². The maximum absolute atomic E-state index is 14.4. The molecule has 22 heavy (non-hydrogen) atoms. The van der Waals surface area contributed by atoms with Crippen molar-refractivity contribution >= 4 is 29.1 Å². The summed E-state index contributed by atoms with van der Waals surface area (Å²) in [6.07, 6.45) is 0. The van der Waals surface area contributed by atoms with E-state index in [1.165, 1.54) is 6.07 Å². The summed E-state index contributed by atoms with van der Waals surface area (Å²) in [6, 6.07) is 12.7. The maximum atomic E-state index is 14.4. The van der Waals surface area contributed by atoms with E-state index in [4.69, 9.17) is 5.73 Å². The number of aromatic nitrogens is 2. The zero-order chi connectivity index (χ0) is 15.0. The largest absolute Gasteiger partial charge is 0.368 e. The van der Waals surface area contributed by atoms with Gasteiger partial charge in [-0.25, -0.2) is 14.4 Å². The van der Waals surface area contributed by atoms with Crippen molar-refractivity contribution in [1.82, 2.24) is 9.97 Å². The highest BCUT2D eigenvalue weighted by Crippen LogP contribution is 2.31. The smallest absolute Gasteiger partial charge is 0.220 e. The summed E-state index contributed by atoms with van der Waals surface area (Å²) in [5, 5.41) is 1.79. The molecule has 3 rings (SSSR count). The Hall–Kier alpha value is -2.20. The van der Waals surface area contributed by atoms with Crippen molar-refractivity contribution in [3.05, 3.63) is 54.0 Å². The predicted octanol–water partition coefficient (Wildman–Crippen LogP) is 4.56. The van der Waals surface area contributed by atoms with Crippen LogP contribution in [0.5, 0.6) is 0 Å². The highest BCUT2D eigenvalue weighted by molar-refractivity contribution is 5.96. The molecule has 1 heterocycles. The summed E-state index contributed by atoms with van der Waals surface area (Å²) in [5.74, 6) is 0.0668. The molecule has 0 amide bonds. The van der Waals surface area contributed by atoms with Crippen LogP contribution in [0.1, 0.15) is 25.5 Å². The minimum Gasteiger partial charge on any atom is -0.368 e. The van der Waals surface area contributed by atoms with Gasteiger partial charge in [0, 0.05) is 11.3 Å². The van der Waals surface area contributed by atoms with Crippen molar-refractivity contribution < 1.29 is 4.39 Å². The molecule has 0 bridgehead atoms. The Kier molecular flexibility index (Phi) is 4.62. The Bertz CT molecular complexity index is 818. The third kappa shape index (κ3) is 2.88. The molecule has 2 aromatic carbocycles. The van der Waals surface area contributed by atoms with Crippen LogP contribution in [0.4, 0.5) is 10.3 Å². The lowest BCUT2D eigenvalue weighted by atomic mass is 9.99. The van der Waals surface area contributed by atoms with Gasteiger partial charge in [-0.1, -0.05) is 44.2 Å². The SMILES string of the molecule is CC(C)c1cc(-c2c(F)ccc3ccccc23)nc(N)n1.Cl. The van der Waals surface area contributed by atoms with E-state index in [9.17, 15) is 4.39 Å². The lowest BCUT2D eigenvalue weighted by molar-refractivity contribution is 0.632. The second-order valence-electron chi connectivity index (χ2n) is 5.33. The number of rotatable bonds is 2. The van der Waals surface area contributed by atoms with E-state index in [1.54, 1.807) is 6.07 Å². The standard InChI is InChI=1S/C17H16FN3.ClH/c1-10(2)14-9-15(21-17(19)20-14)16-12-6-4-3-5-11(12)7-8-13(16)18;/h3-10H,1-2H3,(H2,19,20,21);1H. The zero-order valence-corrected chi connectivity index (χ0v) is 13.2. The van der Waals surface area contributed by atoms with Crippen LogP contribution < -0.4 is 5.73 Å². The number of nitrogens with two attached hydrogens (primary N) is 1. The first-order valence-corrected chi connectivity index (χ1v) is 6.88. The molecule has 0 aliphatic rings. The van der Waals surface area contributed by atoms with Gasteiger partial charge in [0.1, 0.15) is 5.82 Å². The topological polar surface area (TPSA) is 51.8 Å². The van der Waals surface area contributed by atoms with E-state index < -0.39 is 0 Å². The number of nitrogen functional groups attached to an aromatic ring is 1. The number of benzene rings is 2. The van der Waals surface area contributed by atoms with E-state index in [-0.39, 0.29) is 30.1 Å². The van der Waals surface area contributed by atoms with Crippen molar-refractivity contribution in [3.8, 4) is 11.3 Å². The van der Waals surface area contributed by atoms with Crippen molar-refractivity contribution in [2.75, 3.05) is 5.73 Å². The van der Waals surface area contributed by atoms with Gasteiger partial charge in [-0.3, -0.25) is 0 Å². The van der Waals surface area contributed by atoms with Crippen molar-refractivity contribution in [1.29, 1.82) is 0 Å². The van der Waals surface area contributed by atoms with Gasteiger partial charge >= 0.3 is 0 Å².